The van der Waals surface area contributed by atoms with E-state index in [0.717, 1.165) is 23.3 Å². The molecular formula is C112H152N8. The maximum atomic E-state index is 4.56. The van der Waals surface area contributed by atoms with Crippen LogP contribution in [0.5, 0.6) is 0 Å². The van der Waals surface area contributed by atoms with Crippen LogP contribution in [0.15, 0.2) is 245 Å². The van der Waals surface area contributed by atoms with E-state index in [4.69, 9.17) is 0 Å². The number of hydrogen-bond donors (Lipinski definition) is 0. The summed E-state index contributed by atoms with van der Waals surface area (Å²) in [6.07, 6.45) is 17.5. The van der Waals surface area contributed by atoms with Crippen LogP contribution >= 0.6 is 0 Å². The van der Waals surface area contributed by atoms with E-state index in [0.29, 0.717) is 94.7 Å². The van der Waals surface area contributed by atoms with Crippen molar-refractivity contribution in [2.24, 2.45) is 0 Å². The van der Waals surface area contributed by atoms with E-state index >= 15 is 0 Å². The minimum atomic E-state index is 0.447. The summed E-state index contributed by atoms with van der Waals surface area (Å²) < 4.78 is 0. The number of rotatable bonds is 24. The van der Waals surface area contributed by atoms with Gasteiger partial charge in [-0.3, -0.25) is 0 Å². The van der Waals surface area contributed by atoms with E-state index < -0.39 is 0 Å². The standard InChI is InChI=1S/4C28H38N2/c4*1-18(2)23-12-10-13-24(19(3)4)27(23)29-16-17-30(22(29)9)28-25(20(5)6)14-11-15-26(28)21(7)8/h4*10-21H,9H2,1-8H3. The largest absolute Gasteiger partial charge is 0.301 e. The summed E-state index contributed by atoms with van der Waals surface area (Å²) in [5, 5.41) is 0. The van der Waals surface area contributed by atoms with Crippen LogP contribution in [-0.4, -0.2) is 0 Å². The fourth-order valence-corrected chi connectivity index (χ4v) is 17.6. The van der Waals surface area contributed by atoms with Gasteiger partial charge in [0.15, 0.2) is 0 Å². The lowest BCUT2D eigenvalue weighted by molar-refractivity contribution is 0.820. The van der Waals surface area contributed by atoms with Gasteiger partial charge in [-0.25, -0.2) is 0 Å². The molecule has 0 atom stereocenters. The zero-order valence-electron chi connectivity index (χ0n) is 80.1. The number of nitrogens with zero attached hydrogens (tertiary/aromatic N) is 8. The third-order valence-corrected chi connectivity index (χ3v) is 24.4. The van der Waals surface area contributed by atoms with Gasteiger partial charge in [-0.15, -0.1) is 0 Å². The quantitative estimate of drug-likeness (QED) is 0.0591. The van der Waals surface area contributed by atoms with Crippen molar-refractivity contribution in [1.29, 1.82) is 0 Å². The van der Waals surface area contributed by atoms with Crippen LogP contribution < -0.4 is 39.2 Å². The Morgan fingerprint density at radius 1 is 0.133 bits per heavy atom. The van der Waals surface area contributed by atoms with Gasteiger partial charge in [0.05, 0.1) is 45.5 Å². The fraction of sp³-hybridized carbons (Fsp3) is 0.429. The van der Waals surface area contributed by atoms with Crippen molar-refractivity contribution in [3.63, 3.8) is 0 Å². The maximum Gasteiger partial charge on any atom is 0.114 e. The molecule has 0 radical (unpaired) electrons. The Labute approximate surface area is 730 Å². The number of para-hydroxylation sites is 8. The van der Waals surface area contributed by atoms with Gasteiger partial charge < -0.3 is 39.2 Å². The van der Waals surface area contributed by atoms with Crippen molar-refractivity contribution in [3.8, 4) is 0 Å². The highest BCUT2D eigenvalue weighted by Gasteiger charge is 2.36. The molecule has 8 nitrogen and oxygen atoms in total. The molecule has 8 aromatic carbocycles. The molecule has 0 fully saturated rings. The second-order valence-corrected chi connectivity index (χ2v) is 38.6. The molecule has 0 N–H and O–H groups in total. The molecule has 8 heteroatoms. The van der Waals surface area contributed by atoms with E-state index in [1.54, 1.807) is 0 Å². The first-order chi connectivity index (χ1) is 56.6. The van der Waals surface area contributed by atoms with Crippen molar-refractivity contribution in [3.05, 3.63) is 334 Å². The summed E-state index contributed by atoms with van der Waals surface area (Å²) in [6, 6.07) is 53.7. The second-order valence-electron chi connectivity index (χ2n) is 38.6. The van der Waals surface area contributed by atoms with E-state index in [-0.39, 0.29) is 0 Å². The van der Waals surface area contributed by atoms with Crippen molar-refractivity contribution in [2.75, 3.05) is 39.2 Å². The van der Waals surface area contributed by atoms with E-state index in [1.807, 2.05) is 0 Å². The van der Waals surface area contributed by atoms with Crippen LogP contribution in [0.1, 0.15) is 405 Å². The van der Waals surface area contributed by atoms with Crippen LogP contribution in [0, 0.1) is 0 Å². The molecule has 120 heavy (non-hydrogen) atoms. The summed E-state index contributed by atoms with van der Waals surface area (Å²) in [6.45, 7) is 90.9. The van der Waals surface area contributed by atoms with Crippen molar-refractivity contribution in [1.82, 2.24) is 0 Å². The minimum Gasteiger partial charge on any atom is -0.301 e. The van der Waals surface area contributed by atoms with E-state index in [2.05, 4.69) is 482 Å². The molecule has 0 amide bonds. The molecule has 0 saturated carbocycles. The third kappa shape index (κ3) is 19.8. The molecule has 4 heterocycles. The van der Waals surface area contributed by atoms with Gasteiger partial charge in [-0.2, -0.15) is 0 Å². The lowest BCUT2D eigenvalue weighted by Crippen LogP contribution is -2.25. The molecule has 12 rings (SSSR count). The number of anilines is 8. The number of benzene rings is 8. The molecule has 8 aromatic rings. The van der Waals surface area contributed by atoms with Gasteiger partial charge in [0.1, 0.15) is 23.3 Å². The summed E-state index contributed by atoms with van der Waals surface area (Å²) in [5.41, 5.74) is 32.3. The average Bonchev–Trinajstić information content (AvgIpc) is 1.60. The summed E-state index contributed by atoms with van der Waals surface area (Å²) in [7, 11) is 0. The van der Waals surface area contributed by atoms with Crippen LogP contribution in [0.2, 0.25) is 0 Å². The summed E-state index contributed by atoms with van der Waals surface area (Å²) in [5.74, 6) is 11.2. The predicted molar refractivity (Wildman–Crippen MR) is 530 cm³/mol. The SMILES string of the molecule is C=C1N(c2c(C(C)C)cccc2C(C)C)C=CN1c1c(C(C)C)cccc1C(C)C.C=C1N(c2c(C(C)C)cccc2C(C)C)C=CN1c1c(C(C)C)cccc1C(C)C.C=C1N(c2c(C(C)C)cccc2C(C)C)C=CN1c1c(C(C)C)cccc1C(C)C.C=C1N(c2c(C(C)C)cccc2C(C)C)C=CN1c1c(C(C)C)cccc1C(C)C. The van der Waals surface area contributed by atoms with Crippen LogP contribution in [0.25, 0.3) is 0 Å². The third-order valence-electron chi connectivity index (χ3n) is 24.4. The Morgan fingerprint density at radius 3 is 0.258 bits per heavy atom. The average molecular weight is 1610 g/mol. The summed E-state index contributed by atoms with van der Waals surface area (Å²) >= 11 is 0. The normalized spacial score (nSPS) is 14.3. The second kappa shape index (κ2) is 40.2. The zero-order chi connectivity index (χ0) is 88.6. The lowest BCUT2D eigenvalue weighted by atomic mass is 9.91. The highest BCUT2D eigenvalue weighted by atomic mass is 15.4. The van der Waals surface area contributed by atoms with Gasteiger partial charge in [0.25, 0.3) is 0 Å². The van der Waals surface area contributed by atoms with Crippen LogP contribution in [0.4, 0.5) is 45.5 Å². The predicted octanol–water partition coefficient (Wildman–Crippen LogP) is 33.8. The molecule has 4 aliphatic heterocycles. The Bertz CT molecular complexity index is 3900. The smallest absolute Gasteiger partial charge is 0.114 e. The first kappa shape index (κ1) is 93.9. The molecule has 4 aliphatic rings. The van der Waals surface area contributed by atoms with E-state index in [1.165, 1.54) is 135 Å². The fourth-order valence-electron chi connectivity index (χ4n) is 17.6. The van der Waals surface area contributed by atoms with E-state index in [9.17, 15) is 0 Å². The molecular weight excluding hydrogens is 1460 g/mol. The molecule has 0 spiro atoms. The maximum absolute atomic E-state index is 4.56. The molecule has 0 unspecified atom stereocenters. The zero-order valence-corrected chi connectivity index (χ0v) is 80.1. The van der Waals surface area contributed by atoms with Gasteiger partial charge in [0, 0.05) is 49.6 Å². The van der Waals surface area contributed by atoms with Gasteiger partial charge in [0.2, 0.25) is 0 Å². The van der Waals surface area contributed by atoms with Crippen molar-refractivity contribution < 1.29 is 0 Å². The highest BCUT2D eigenvalue weighted by molar-refractivity contribution is 5.82. The highest BCUT2D eigenvalue weighted by Crippen LogP contribution is 2.51. The molecule has 0 aliphatic carbocycles. The molecule has 640 valence electrons. The van der Waals surface area contributed by atoms with Gasteiger partial charge >= 0.3 is 0 Å². The molecule has 0 saturated heterocycles. The monoisotopic (exact) mass is 1610 g/mol. The first-order valence-electron chi connectivity index (χ1n) is 45.4. The van der Waals surface area contributed by atoms with Gasteiger partial charge in [-0.05, 0) is 184 Å². The first-order valence-corrected chi connectivity index (χ1v) is 45.4. The Balaban J connectivity index is 0.000000182. The van der Waals surface area contributed by atoms with Crippen molar-refractivity contribution in [2.45, 2.75) is 316 Å². The Hall–Kier alpha value is -9.92. The Morgan fingerprint density at radius 2 is 0.200 bits per heavy atom. The lowest BCUT2D eigenvalue weighted by Gasteiger charge is -2.32. The van der Waals surface area contributed by atoms with Crippen LogP contribution in [0.3, 0.4) is 0 Å². The minimum absolute atomic E-state index is 0.447. The topological polar surface area (TPSA) is 25.9 Å². The van der Waals surface area contributed by atoms with Gasteiger partial charge in [-0.1, -0.05) is 393 Å². The number of hydrogen-bond acceptors (Lipinski definition) is 8. The Kier molecular flexibility index (Phi) is 31.5. The van der Waals surface area contributed by atoms with Crippen LogP contribution in [-0.2, 0) is 0 Å². The summed E-state index contributed by atoms with van der Waals surface area (Å²) in [4.78, 5) is 18.4. The van der Waals surface area contributed by atoms with Crippen molar-refractivity contribution >= 4 is 45.5 Å². The molecule has 0 bridgehead atoms. The molecule has 0 aromatic heterocycles.